The fourth-order valence-corrected chi connectivity index (χ4v) is 2.84. The first-order valence-corrected chi connectivity index (χ1v) is 8.36. The predicted molar refractivity (Wildman–Crippen MR) is 91.2 cm³/mol. The molecule has 0 saturated heterocycles. The van der Waals surface area contributed by atoms with Gasteiger partial charge in [-0.25, -0.2) is 9.97 Å². The minimum Gasteiger partial charge on any atom is -0.370 e. The third kappa shape index (κ3) is 4.43. The molecule has 0 aliphatic heterocycles. The summed E-state index contributed by atoms with van der Waals surface area (Å²) >= 11 is 1.78. The molecule has 2 heterocycles. The van der Waals surface area contributed by atoms with E-state index in [1.165, 1.54) is 4.88 Å². The molecule has 2 aromatic heterocycles. The monoisotopic (exact) mass is 304 g/mol. The van der Waals surface area contributed by atoms with Crippen molar-refractivity contribution in [2.75, 3.05) is 16.8 Å². The fourth-order valence-electron chi connectivity index (χ4n) is 2.14. The van der Waals surface area contributed by atoms with Crippen LogP contribution in [-0.2, 0) is 6.54 Å². The Kier molecular flexibility index (Phi) is 5.56. The highest BCUT2D eigenvalue weighted by atomic mass is 32.1. The van der Waals surface area contributed by atoms with Gasteiger partial charge in [0.05, 0.1) is 6.54 Å². The van der Waals surface area contributed by atoms with Crippen molar-refractivity contribution < 1.29 is 0 Å². The molecule has 0 radical (unpaired) electrons. The van der Waals surface area contributed by atoms with Crippen LogP contribution in [0.1, 0.15) is 37.9 Å². The molecule has 0 bridgehead atoms. The smallest absolute Gasteiger partial charge is 0.134 e. The summed E-state index contributed by atoms with van der Waals surface area (Å²) in [6.45, 7) is 10.3. The zero-order valence-electron chi connectivity index (χ0n) is 13.3. The first-order chi connectivity index (χ1) is 10.1. The van der Waals surface area contributed by atoms with Gasteiger partial charge in [0.1, 0.15) is 17.5 Å². The SMILES string of the molecule is CCCNc1cc(N(Cc2cccs2)C(C)C)nc(C)n1. The Labute approximate surface area is 131 Å². The van der Waals surface area contributed by atoms with Crippen LogP contribution >= 0.6 is 11.3 Å². The highest BCUT2D eigenvalue weighted by Gasteiger charge is 2.15. The summed E-state index contributed by atoms with van der Waals surface area (Å²) < 4.78 is 0. The molecular weight excluding hydrogens is 280 g/mol. The van der Waals surface area contributed by atoms with Gasteiger partial charge in [-0.3, -0.25) is 0 Å². The number of thiophene rings is 1. The van der Waals surface area contributed by atoms with Gasteiger partial charge in [0.25, 0.3) is 0 Å². The van der Waals surface area contributed by atoms with Crippen molar-refractivity contribution in [3.05, 3.63) is 34.3 Å². The lowest BCUT2D eigenvalue weighted by Gasteiger charge is -2.28. The van der Waals surface area contributed by atoms with E-state index in [1.54, 1.807) is 11.3 Å². The summed E-state index contributed by atoms with van der Waals surface area (Å²) in [7, 11) is 0. The van der Waals surface area contributed by atoms with Crippen LogP contribution < -0.4 is 10.2 Å². The van der Waals surface area contributed by atoms with Gasteiger partial charge in [-0.15, -0.1) is 11.3 Å². The normalized spacial score (nSPS) is 10.9. The van der Waals surface area contributed by atoms with E-state index in [2.05, 4.69) is 64.5 Å². The summed E-state index contributed by atoms with van der Waals surface area (Å²) in [4.78, 5) is 12.8. The van der Waals surface area contributed by atoms with Crippen molar-refractivity contribution in [3.8, 4) is 0 Å². The second-order valence-corrected chi connectivity index (χ2v) is 6.42. The van der Waals surface area contributed by atoms with E-state index in [4.69, 9.17) is 0 Å². The van der Waals surface area contributed by atoms with Gasteiger partial charge in [-0.2, -0.15) is 0 Å². The third-order valence-electron chi connectivity index (χ3n) is 3.20. The van der Waals surface area contributed by atoms with Crippen molar-refractivity contribution in [3.63, 3.8) is 0 Å². The molecule has 0 aromatic carbocycles. The van der Waals surface area contributed by atoms with E-state index < -0.39 is 0 Å². The second kappa shape index (κ2) is 7.41. The van der Waals surface area contributed by atoms with E-state index in [0.29, 0.717) is 6.04 Å². The molecule has 0 aliphatic rings. The first-order valence-electron chi connectivity index (χ1n) is 7.48. The van der Waals surface area contributed by atoms with E-state index in [1.807, 2.05) is 6.92 Å². The molecule has 0 atom stereocenters. The molecule has 21 heavy (non-hydrogen) atoms. The summed E-state index contributed by atoms with van der Waals surface area (Å²) in [6.07, 6.45) is 1.08. The number of hydrogen-bond donors (Lipinski definition) is 1. The van der Waals surface area contributed by atoms with Gasteiger partial charge in [-0.1, -0.05) is 13.0 Å². The Morgan fingerprint density at radius 1 is 1.33 bits per heavy atom. The summed E-state index contributed by atoms with van der Waals surface area (Å²) in [5, 5.41) is 5.47. The second-order valence-electron chi connectivity index (χ2n) is 5.39. The molecule has 2 aromatic rings. The maximum Gasteiger partial charge on any atom is 0.134 e. The summed E-state index contributed by atoms with van der Waals surface area (Å²) in [5.41, 5.74) is 0. The molecular formula is C16H24N4S. The van der Waals surface area contributed by atoms with Crippen LogP contribution in [0.5, 0.6) is 0 Å². The number of nitrogens with zero attached hydrogens (tertiary/aromatic N) is 3. The Bertz CT molecular complexity index is 551. The van der Waals surface area contributed by atoms with Gasteiger partial charge in [0.2, 0.25) is 0 Å². The molecule has 5 heteroatoms. The molecule has 0 saturated carbocycles. The highest BCUT2D eigenvalue weighted by Crippen LogP contribution is 2.22. The van der Waals surface area contributed by atoms with Gasteiger partial charge < -0.3 is 10.2 Å². The molecule has 114 valence electrons. The van der Waals surface area contributed by atoms with Crippen LogP contribution in [0.3, 0.4) is 0 Å². The number of rotatable bonds is 7. The summed E-state index contributed by atoms with van der Waals surface area (Å²) in [5.74, 6) is 2.71. The summed E-state index contributed by atoms with van der Waals surface area (Å²) in [6, 6.07) is 6.71. The number of nitrogens with one attached hydrogen (secondary N) is 1. The van der Waals surface area contributed by atoms with Crippen LogP contribution in [0.4, 0.5) is 11.6 Å². The molecule has 1 N–H and O–H groups in total. The third-order valence-corrected chi connectivity index (χ3v) is 4.07. The topological polar surface area (TPSA) is 41.0 Å². The van der Waals surface area contributed by atoms with Crippen molar-refractivity contribution in [1.82, 2.24) is 9.97 Å². The largest absolute Gasteiger partial charge is 0.370 e. The molecule has 0 amide bonds. The zero-order valence-corrected chi connectivity index (χ0v) is 14.1. The number of aromatic nitrogens is 2. The first kappa shape index (κ1) is 15.8. The molecule has 0 spiro atoms. The Morgan fingerprint density at radius 2 is 2.14 bits per heavy atom. The highest BCUT2D eigenvalue weighted by molar-refractivity contribution is 7.09. The molecule has 0 unspecified atom stereocenters. The molecule has 0 aliphatic carbocycles. The standard InChI is InChI=1S/C16H24N4S/c1-5-8-17-15-10-16(19-13(4)18-15)20(12(2)3)11-14-7-6-9-21-14/h6-7,9-10,12H,5,8,11H2,1-4H3,(H,17,18,19). The van der Waals surface area contributed by atoms with Crippen LogP contribution in [0.25, 0.3) is 0 Å². The van der Waals surface area contributed by atoms with E-state index in [9.17, 15) is 0 Å². The van der Waals surface area contributed by atoms with Gasteiger partial charge in [-0.05, 0) is 38.6 Å². The van der Waals surface area contributed by atoms with E-state index in [-0.39, 0.29) is 0 Å². The molecule has 0 fully saturated rings. The number of anilines is 2. The minimum atomic E-state index is 0.389. The average Bonchev–Trinajstić information content (AvgIpc) is 2.94. The van der Waals surface area contributed by atoms with Gasteiger partial charge in [0, 0.05) is 23.5 Å². The predicted octanol–water partition coefficient (Wildman–Crippen LogP) is 4.08. The maximum atomic E-state index is 4.62. The minimum absolute atomic E-state index is 0.389. The molecule has 2 rings (SSSR count). The van der Waals surface area contributed by atoms with Crippen LogP contribution in [-0.4, -0.2) is 22.6 Å². The van der Waals surface area contributed by atoms with Crippen molar-refractivity contribution in [1.29, 1.82) is 0 Å². The lowest BCUT2D eigenvalue weighted by atomic mass is 10.3. The maximum absolute atomic E-state index is 4.62. The fraction of sp³-hybridized carbons (Fsp3) is 0.500. The zero-order chi connectivity index (χ0) is 15.2. The number of aryl methyl sites for hydroxylation is 1. The Morgan fingerprint density at radius 3 is 2.76 bits per heavy atom. The van der Waals surface area contributed by atoms with Crippen molar-refractivity contribution in [2.45, 2.75) is 46.7 Å². The van der Waals surface area contributed by atoms with Crippen LogP contribution in [0, 0.1) is 6.92 Å². The van der Waals surface area contributed by atoms with E-state index in [0.717, 1.165) is 37.0 Å². The van der Waals surface area contributed by atoms with Crippen molar-refractivity contribution in [2.24, 2.45) is 0 Å². The van der Waals surface area contributed by atoms with E-state index >= 15 is 0 Å². The molecule has 4 nitrogen and oxygen atoms in total. The Balaban J connectivity index is 2.24. The lowest BCUT2D eigenvalue weighted by Crippen LogP contribution is -2.31. The average molecular weight is 304 g/mol. The van der Waals surface area contributed by atoms with Crippen molar-refractivity contribution >= 4 is 23.0 Å². The van der Waals surface area contributed by atoms with Crippen LogP contribution in [0.15, 0.2) is 23.6 Å². The lowest BCUT2D eigenvalue weighted by molar-refractivity contribution is 0.674. The van der Waals surface area contributed by atoms with Gasteiger partial charge >= 0.3 is 0 Å². The van der Waals surface area contributed by atoms with Crippen LogP contribution in [0.2, 0.25) is 0 Å². The quantitative estimate of drug-likeness (QED) is 0.836. The Hall–Kier alpha value is -1.62. The van der Waals surface area contributed by atoms with Gasteiger partial charge in [0.15, 0.2) is 0 Å². The number of hydrogen-bond acceptors (Lipinski definition) is 5.